The maximum absolute atomic E-state index is 12.5. The third-order valence-electron chi connectivity index (χ3n) is 3.23. The van der Waals surface area contributed by atoms with Crippen LogP contribution in [-0.4, -0.2) is 24.4 Å². The van der Waals surface area contributed by atoms with Crippen molar-refractivity contribution in [1.29, 1.82) is 0 Å². The van der Waals surface area contributed by atoms with Crippen LogP contribution in [0.25, 0.3) is 0 Å². The molecule has 0 aliphatic heterocycles. The SMILES string of the molecule is Cl.NCC(NC(=O)C1CC(F)(F)C1)C1CC1. The molecule has 3 N–H and O–H groups in total. The molecule has 0 bridgehead atoms. The average molecular weight is 255 g/mol. The number of carbonyl (C=O) groups excluding carboxylic acids is 1. The first-order valence-corrected chi connectivity index (χ1v) is 5.40. The number of carbonyl (C=O) groups is 1. The third kappa shape index (κ3) is 3.04. The summed E-state index contributed by atoms with van der Waals surface area (Å²) < 4.78 is 25.1. The van der Waals surface area contributed by atoms with Crippen LogP contribution in [0.15, 0.2) is 0 Å². The van der Waals surface area contributed by atoms with Gasteiger partial charge >= 0.3 is 0 Å². The number of nitrogens with one attached hydrogen (secondary N) is 1. The largest absolute Gasteiger partial charge is 0.352 e. The van der Waals surface area contributed by atoms with Crippen LogP contribution in [0.1, 0.15) is 25.7 Å². The van der Waals surface area contributed by atoms with Gasteiger partial charge in [0.25, 0.3) is 0 Å². The maximum Gasteiger partial charge on any atom is 0.249 e. The molecule has 1 amide bonds. The maximum atomic E-state index is 12.5. The van der Waals surface area contributed by atoms with Crippen molar-refractivity contribution in [2.24, 2.45) is 17.6 Å². The highest BCUT2D eigenvalue weighted by atomic mass is 35.5. The van der Waals surface area contributed by atoms with Crippen LogP contribution in [-0.2, 0) is 4.79 Å². The molecular weight excluding hydrogens is 238 g/mol. The van der Waals surface area contributed by atoms with E-state index in [2.05, 4.69) is 5.32 Å². The van der Waals surface area contributed by atoms with Gasteiger partial charge in [-0.25, -0.2) is 8.78 Å². The highest BCUT2D eigenvalue weighted by Crippen LogP contribution is 2.42. The average Bonchev–Trinajstić information content (AvgIpc) is 2.92. The molecule has 0 aromatic rings. The Morgan fingerprint density at radius 2 is 2.00 bits per heavy atom. The van der Waals surface area contributed by atoms with Crippen molar-refractivity contribution in [1.82, 2.24) is 5.32 Å². The van der Waals surface area contributed by atoms with Crippen molar-refractivity contribution in [2.45, 2.75) is 37.6 Å². The molecule has 2 aliphatic carbocycles. The minimum Gasteiger partial charge on any atom is -0.352 e. The summed E-state index contributed by atoms with van der Waals surface area (Å²) in [5.74, 6) is -2.91. The Morgan fingerprint density at radius 1 is 1.44 bits per heavy atom. The summed E-state index contributed by atoms with van der Waals surface area (Å²) in [6, 6.07) is -0.00766. The highest BCUT2D eigenvalue weighted by Gasteiger charge is 2.49. The first-order valence-electron chi connectivity index (χ1n) is 5.40. The number of rotatable bonds is 4. The Hall–Kier alpha value is -0.420. The van der Waals surface area contributed by atoms with Gasteiger partial charge in [-0.1, -0.05) is 0 Å². The van der Waals surface area contributed by atoms with Gasteiger partial charge in [0.1, 0.15) is 0 Å². The molecule has 0 aromatic heterocycles. The molecule has 0 heterocycles. The van der Waals surface area contributed by atoms with E-state index in [0.29, 0.717) is 12.5 Å². The predicted octanol–water partition coefficient (Wildman–Crippen LogP) is 1.31. The molecule has 3 nitrogen and oxygen atoms in total. The number of hydrogen-bond donors (Lipinski definition) is 2. The first kappa shape index (κ1) is 13.6. The standard InChI is InChI=1S/C10H16F2N2O.ClH/c11-10(12)3-7(4-10)9(15)14-8(5-13)6-1-2-6;/h6-8H,1-5,13H2,(H,14,15);1H. The van der Waals surface area contributed by atoms with Crippen molar-refractivity contribution < 1.29 is 13.6 Å². The lowest BCUT2D eigenvalue weighted by molar-refractivity contribution is -0.150. The molecule has 2 fully saturated rings. The topological polar surface area (TPSA) is 55.1 Å². The summed E-state index contributed by atoms with van der Waals surface area (Å²) in [6.45, 7) is 0.402. The van der Waals surface area contributed by atoms with E-state index in [1.807, 2.05) is 0 Å². The zero-order chi connectivity index (χ0) is 11.1. The first-order chi connectivity index (χ1) is 7.02. The van der Waals surface area contributed by atoms with Crippen LogP contribution in [0.5, 0.6) is 0 Å². The Bertz CT molecular complexity index is 264. The molecule has 0 saturated heterocycles. The van der Waals surface area contributed by atoms with Gasteiger partial charge < -0.3 is 11.1 Å². The van der Waals surface area contributed by atoms with Crippen LogP contribution in [0.3, 0.4) is 0 Å². The van der Waals surface area contributed by atoms with E-state index in [4.69, 9.17) is 5.73 Å². The molecule has 1 atom stereocenters. The van der Waals surface area contributed by atoms with Crippen molar-refractivity contribution >= 4 is 18.3 Å². The van der Waals surface area contributed by atoms with Crippen LogP contribution >= 0.6 is 12.4 Å². The Labute approximate surface area is 99.5 Å². The van der Waals surface area contributed by atoms with Crippen LogP contribution in [0.4, 0.5) is 8.78 Å². The third-order valence-corrected chi connectivity index (χ3v) is 3.23. The van der Waals surface area contributed by atoms with Gasteiger partial charge in [0.2, 0.25) is 11.8 Å². The minimum absolute atomic E-state index is 0. The lowest BCUT2D eigenvalue weighted by Gasteiger charge is -2.34. The molecule has 1 unspecified atom stereocenters. The monoisotopic (exact) mass is 254 g/mol. The summed E-state index contributed by atoms with van der Waals surface area (Å²) in [5, 5.41) is 2.77. The molecule has 0 spiro atoms. The summed E-state index contributed by atoms with van der Waals surface area (Å²) >= 11 is 0. The molecule has 94 valence electrons. The smallest absolute Gasteiger partial charge is 0.249 e. The van der Waals surface area contributed by atoms with Crippen molar-refractivity contribution in [3.05, 3.63) is 0 Å². The second kappa shape index (κ2) is 4.84. The second-order valence-corrected chi connectivity index (χ2v) is 4.65. The summed E-state index contributed by atoms with van der Waals surface area (Å²) in [7, 11) is 0. The van der Waals surface area contributed by atoms with E-state index >= 15 is 0 Å². The minimum atomic E-state index is -2.63. The molecule has 2 aliphatic rings. The van der Waals surface area contributed by atoms with Crippen LogP contribution in [0.2, 0.25) is 0 Å². The fraction of sp³-hybridized carbons (Fsp3) is 0.900. The van der Waals surface area contributed by atoms with E-state index in [-0.39, 0.29) is 37.2 Å². The van der Waals surface area contributed by atoms with Crippen molar-refractivity contribution in [2.75, 3.05) is 6.54 Å². The summed E-state index contributed by atoms with van der Waals surface area (Å²) in [5.41, 5.74) is 5.51. The number of alkyl halides is 2. The van der Waals surface area contributed by atoms with Crippen LogP contribution < -0.4 is 11.1 Å². The highest BCUT2D eigenvalue weighted by molar-refractivity contribution is 5.85. The predicted molar refractivity (Wildman–Crippen MR) is 58.6 cm³/mol. The zero-order valence-corrected chi connectivity index (χ0v) is 9.73. The van der Waals surface area contributed by atoms with Gasteiger partial charge in [-0.3, -0.25) is 4.79 Å². The zero-order valence-electron chi connectivity index (χ0n) is 8.92. The Kier molecular flexibility index (Phi) is 4.12. The van der Waals surface area contributed by atoms with E-state index in [9.17, 15) is 13.6 Å². The normalized spacial score (nSPS) is 25.2. The molecule has 2 saturated carbocycles. The fourth-order valence-corrected chi connectivity index (χ4v) is 2.01. The summed E-state index contributed by atoms with van der Waals surface area (Å²) in [6.07, 6.45) is 1.56. The quantitative estimate of drug-likeness (QED) is 0.795. The van der Waals surface area contributed by atoms with Gasteiger partial charge in [-0.15, -0.1) is 12.4 Å². The van der Waals surface area contributed by atoms with Gasteiger partial charge in [0.15, 0.2) is 0 Å². The molecular formula is C10H17ClF2N2O. The molecule has 0 radical (unpaired) electrons. The number of hydrogen-bond acceptors (Lipinski definition) is 2. The Morgan fingerprint density at radius 3 is 2.38 bits per heavy atom. The molecule has 16 heavy (non-hydrogen) atoms. The van der Waals surface area contributed by atoms with Crippen molar-refractivity contribution in [3.63, 3.8) is 0 Å². The van der Waals surface area contributed by atoms with Crippen molar-refractivity contribution in [3.8, 4) is 0 Å². The van der Waals surface area contributed by atoms with E-state index in [0.717, 1.165) is 12.8 Å². The fourth-order valence-electron chi connectivity index (χ4n) is 2.01. The van der Waals surface area contributed by atoms with E-state index in [1.54, 1.807) is 0 Å². The summed E-state index contributed by atoms with van der Waals surface area (Å²) in [4.78, 5) is 11.5. The lowest BCUT2D eigenvalue weighted by atomic mass is 9.80. The van der Waals surface area contributed by atoms with E-state index in [1.165, 1.54) is 0 Å². The van der Waals surface area contributed by atoms with Gasteiger partial charge in [0, 0.05) is 31.3 Å². The van der Waals surface area contributed by atoms with Crippen LogP contribution in [0, 0.1) is 11.8 Å². The van der Waals surface area contributed by atoms with E-state index < -0.39 is 11.8 Å². The van der Waals surface area contributed by atoms with Gasteiger partial charge in [-0.2, -0.15) is 0 Å². The molecule has 0 aromatic carbocycles. The lowest BCUT2D eigenvalue weighted by Crippen LogP contribution is -2.50. The number of amides is 1. The second-order valence-electron chi connectivity index (χ2n) is 4.65. The number of nitrogens with two attached hydrogens (primary N) is 1. The molecule has 6 heteroatoms. The Balaban J connectivity index is 0.00000128. The van der Waals surface area contributed by atoms with Gasteiger partial charge in [-0.05, 0) is 18.8 Å². The van der Waals surface area contributed by atoms with Gasteiger partial charge in [0.05, 0.1) is 0 Å². The number of halogens is 3. The molecule has 2 rings (SSSR count).